The highest BCUT2D eigenvalue weighted by molar-refractivity contribution is 7.93. The van der Waals surface area contributed by atoms with E-state index in [-0.39, 0.29) is 10.7 Å². The number of rotatable bonds is 5. The molecule has 0 atom stereocenters. The van der Waals surface area contributed by atoms with Gasteiger partial charge >= 0.3 is 0 Å². The second-order valence-electron chi connectivity index (χ2n) is 5.25. The van der Waals surface area contributed by atoms with Gasteiger partial charge in [-0.2, -0.15) is 0 Å². The van der Waals surface area contributed by atoms with E-state index >= 15 is 0 Å². The quantitative estimate of drug-likeness (QED) is 0.687. The lowest BCUT2D eigenvalue weighted by Gasteiger charge is -2.07. The summed E-state index contributed by atoms with van der Waals surface area (Å²) in [5.41, 5.74) is 1.93. The summed E-state index contributed by atoms with van der Waals surface area (Å²) in [6, 6.07) is 9.83. The molecule has 0 amide bonds. The fraction of sp³-hybridized carbons (Fsp3) is 0.118. The van der Waals surface area contributed by atoms with Crippen LogP contribution in [0.5, 0.6) is 0 Å². The molecule has 1 N–H and O–H groups in total. The first-order chi connectivity index (χ1) is 11.4. The van der Waals surface area contributed by atoms with E-state index in [9.17, 15) is 13.2 Å². The zero-order valence-corrected chi connectivity index (χ0v) is 14.7. The Balaban J connectivity index is 2.08. The maximum atomic E-state index is 12.5. The number of carbonyl (C=O) groups is 1. The van der Waals surface area contributed by atoms with E-state index in [4.69, 9.17) is 4.42 Å². The van der Waals surface area contributed by atoms with Crippen molar-refractivity contribution in [3.63, 3.8) is 0 Å². The molecule has 0 radical (unpaired) electrons. The number of hydrogen-bond donors (Lipinski definition) is 1. The largest absolute Gasteiger partial charge is 0.472 e. The number of hydrogen-bond acceptors (Lipinski definition) is 5. The van der Waals surface area contributed by atoms with Crippen molar-refractivity contribution in [2.45, 2.75) is 18.7 Å². The minimum atomic E-state index is -3.76. The second-order valence-corrected chi connectivity index (χ2v) is 7.95. The molecule has 0 saturated carbocycles. The fourth-order valence-electron chi connectivity index (χ4n) is 2.46. The van der Waals surface area contributed by atoms with E-state index in [1.807, 2.05) is 0 Å². The number of carbonyl (C=O) groups excluding carboxylic acids is 1. The van der Waals surface area contributed by atoms with Gasteiger partial charge in [0.15, 0.2) is 5.78 Å². The minimum absolute atomic E-state index is 0.149. The number of benzene rings is 1. The number of sulfonamides is 1. The van der Waals surface area contributed by atoms with Gasteiger partial charge in [0.2, 0.25) is 0 Å². The number of thiophene rings is 1. The van der Waals surface area contributed by atoms with Gasteiger partial charge in [-0.05, 0) is 37.6 Å². The maximum absolute atomic E-state index is 12.5. The van der Waals surface area contributed by atoms with Gasteiger partial charge in [0.25, 0.3) is 10.0 Å². The molecule has 0 fully saturated rings. The molecule has 1 aromatic carbocycles. The van der Waals surface area contributed by atoms with E-state index < -0.39 is 10.0 Å². The van der Waals surface area contributed by atoms with Crippen molar-refractivity contribution in [3.8, 4) is 10.4 Å². The number of Topliss-reactive ketones (excluding diaryl/α,β-unsaturated/α-hetero) is 1. The average molecular weight is 361 g/mol. The van der Waals surface area contributed by atoms with Crippen LogP contribution in [-0.4, -0.2) is 14.2 Å². The molecule has 3 rings (SSSR count). The van der Waals surface area contributed by atoms with Crippen LogP contribution in [0.3, 0.4) is 0 Å². The summed E-state index contributed by atoms with van der Waals surface area (Å²) in [6.07, 6.45) is 3.11. The van der Waals surface area contributed by atoms with Crippen LogP contribution in [0.1, 0.15) is 22.8 Å². The number of nitrogens with one attached hydrogen (secondary N) is 1. The zero-order valence-electron chi connectivity index (χ0n) is 13.1. The normalized spacial score (nSPS) is 11.4. The Morgan fingerprint density at radius 2 is 1.88 bits per heavy atom. The molecule has 0 saturated heterocycles. The summed E-state index contributed by atoms with van der Waals surface area (Å²) in [7, 11) is -3.76. The molecule has 124 valence electrons. The van der Waals surface area contributed by atoms with Crippen molar-refractivity contribution in [2.75, 3.05) is 4.72 Å². The summed E-state index contributed by atoms with van der Waals surface area (Å²) < 4.78 is 32.7. The molecule has 3 aromatic rings. The van der Waals surface area contributed by atoms with Gasteiger partial charge in [0.1, 0.15) is 5.00 Å². The Bertz CT molecular complexity index is 971. The predicted molar refractivity (Wildman–Crippen MR) is 94.0 cm³/mol. The summed E-state index contributed by atoms with van der Waals surface area (Å²) >= 11 is 1.22. The van der Waals surface area contributed by atoms with Gasteiger partial charge in [0, 0.05) is 10.4 Å². The molecule has 0 aliphatic rings. The maximum Gasteiger partial charge on any atom is 0.262 e. The standard InChI is InChI=1S/C17H15NO4S2/c1-11-15(12(2)19)17(23-16(11)13-8-9-22-10-13)18-24(20,21)14-6-4-3-5-7-14/h3-10,18H,1-2H3. The summed E-state index contributed by atoms with van der Waals surface area (Å²) in [6.45, 7) is 3.23. The average Bonchev–Trinajstić information content (AvgIpc) is 3.15. The molecule has 2 aromatic heterocycles. The Hall–Kier alpha value is -2.38. The third-order valence-corrected chi connectivity index (χ3v) is 6.31. The van der Waals surface area contributed by atoms with Crippen molar-refractivity contribution in [1.82, 2.24) is 0 Å². The number of anilines is 1. The highest BCUT2D eigenvalue weighted by atomic mass is 32.2. The summed E-state index contributed by atoms with van der Waals surface area (Å²) in [5, 5.41) is 0.319. The lowest BCUT2D eigenvalue weighted by molar-refractivity contribution is 0.101. The first-order valence-corrected chi connectivity index (χ1v) is 9.45. The van der Waals surface area contributed by atoms with Crippen molar-refractivity contribution >= 4 is 32.1 Å². The second kappa shape index (κ2) is 6.26. The molecule has 0 aliphatic heterocycles. The van der Waals surface area contributed by atoms with Gasteiger partial charge in [-0.3, -0.25) is 9.52 Å². The van der Waals surface area contributed by atoms with Crippen molar-refractivity contribution in [3.05, 3.63) is 60.1 Å². The summed E-state index contributed by atoms with van der Waals surface area (Å²) in [5.74, 6) is -0.191. The van der Waals surface area contributed by atoms with E-state index in [0.717, 1.165) is 16.0 Å². The summed E-state index contributed by atoms with van der Waals surface area (Å²) in [4.78, 5) is 13.0. The highest BCUT2D eigenvalue weighted by Crippen LogP contribution is 2.41. The third-order valence-electron chi connectivity index (χ3n) is 3.56. The van der Waals surface area contributed by atoms with Crippen molar-refractivity contribution in [1.29, 1.82) is 0 Å². The van der Waals surface area contributed by atoms with Gasteiger partial charge in [-0.15, -0.1) is 11.3 Å². The van der Waals surface area contributed by atoms with E-state index in [2.05, 4.69) is 4.72 Å². The molecule has 0 spiro atoms. The molecule has 24 heavy (non-hydrogen) atoms. The lowest BCUT2D eigenvalue weighted by Crippen LogP contribution is -2.13. The van der Waals surface area contributed by atoms with Crippen LogP contribution in [0, 0.1) is 6.92 Å². The molecule has 7 heteroatoms. The first-order valence-electron chi connectivity index (χ1n) is 7.15. The van der Waals surface area contributed by atoms with E-state index in [0.29, 0.717) is 10.6 Å². The van der Waals surface area contributed by atoms with Gasteiger partial charge in [-0.25, -0.2) is 8.42 Å². The molecule has 2 heterocycles. The van der Waals surface area contributed by atoms with E-state index in [1.165, 1.54) is 36.7 Å². The Kier molecular flexibility index (Phi) is 4.29. The van der Waals surface area contributed by atoms with Gasteiger partial charge in [0.05, 0.1) is 23.0 Å². The monoisotopic (exact) mass is 361 g/mol. The Morgan fingerprint density at radius 3 is 2.46 bits per heavy atom. The van der Waals surface area contributed by atoms with Crippen LogP contribution in [0.15, 0.2) is 58.2 Å². The SMILES string of the molecule is CC(=O)c1c(NS(=O)(=O)c2ccccc2)sc(-c2ccoc2)c1C. The van der Waals surface area contributed by atoms with Crippen LogP contribution < -0.4 is 4.72 Å². The molecule has 0 bridgehead atoms. The first kappa shape index (κ1) is 16.5. The molecule has 0 aliphatic carbocycles. The van der Waals surface area contributed by atoms with Crippen LogP contribution in [-0.2, 0) is 10.0 Å². The molecular formula is C17H15NO4S2. The lowest BCUT2D eigenvalue weighted by atomic mass is 10.1. The van der Waals surface area contributed by atoms with Crippen molar-refractivity contribution < 1.29 is 17.6 Å². The molecule has 5 nitrogen and oxygen atoms in total. The van der Waals surface area contributed by atoms with Crippen LogP contribution in [0.25, 0.3) is 10.4 Å². The van der Waals surface area contributed by atoms with Crippen LogP contribution >= 0.6 is 11.3 Å². The van der Waals surface area contributed by atoms with E-state index in [1.54, 1.807) is 37.5 Å². The van der Waals surface area contributed by atoms with Gasteiger partial charge < -0.3 is 4.42 Å². The molecule has 0 unspecified atom stereocenters. The predicted octanol–water partition coefficient (Wildman–Crippen LogP) is 4.32. The van der Waals surface area contributed by atoms with Crippen molar-refractivity contribution in [2.24, 2.45) is 0 Å². The Morgan fingerprint density at radius 1 is 1.17 bits per heavy atom. The smallest absolute Gasteiger partial charge is 0.262 e. The number of ketones is 1. The minimum Gasteiger partial charge on any atom is -0.472 e. The third kappa shape index (κ3) is 3.00. The highest BCUT2D eigenvalue weighted by Gasteiger charge is 2.24. The number of furan rings is 1. The zero-order chi connectivity index (χ0) is 17.3. The van der Waals surface area contributed by atoms with Gasteiger partial charge in [-0.1, -0.05) is 18.2 Å². The Labute approximate surface area is 144 Å². The van der Waals surface area contributed by atoms with Crippen LogP contribution in [0.4, 0.5) is 5.00 Å². The molecular weight excluding hydrogens is 346 g/mol. The topological polar surface area (TPSA) is 76.4 Å². The van der Waals surface area contributed by atoms with Crippen LogP contribution in [0.2, 0.25) is 0 Å². The fourth-order valence-corrected chi connectivity index (χ4v) is 5.03.